The Morgan fingerprint density at radius 3 is 2.26 bits per heavy atom. The summed E-state index contributed by atoms with van der Waals surface area (Å²) in [6, 6.07) is 7.18. The molecule has 0 fully saturated rings. The van der Waals surface area contributed by atoms with Crippen LogP contribution < -0.4 is 10.6 Å². The molecular weight excluding hydrogens is 248 g/mol. The summed E-state index contributed by atoms with van der Waals surface area (Å²) in [6.45, 7) is 1.45. The van der Waals surface area contributed by atoms with Crippen molar-refractivity contribution in [3.63, 3.8) is 0 Å². The molecular formula is C13H14N2O4. The number of rotatable bonds is 5. The van der Waals surface area contributed by atoms with Crippen LogP contribution in [0.2, 0.25) is 0 Å². The number of nitrogens with one attached hydrogen (secondary N) is 2. The molecule has 1 aromatic rings. The monoisotopic (exact) mass is 262 g/mol. The third-order valence-electron chi connectivity index (χ3n) is 2.12. The fourth-order valence-corrected chi connectivity index (χ4v) is 1.19. The molecule has 0 heterocycles. The molecule has 1 rings (SSSR count). The Bertz CT molecular complexity index is 506. The summed E-state index contributed by atoms with van der Waals surface area (Å²) in [5, 5.41) is 13.0. The molecule has 3 N–H and O–H groups in total. The van der Waals surface area contributed by atoms with Gasteiger partial charge >= 0.3 is 5.97 Å². The minimum Gasteiger partial charge on any atom is -0.480 e. The second-order valence-electron chi connectivity index (χ2n) is 3.80. The lowest BCUT2D eigenvalue weighted by atomic mass is 10.2. The van der Waals surface area contributed by atoms with E-state index in [2.05, 4.69) is 10.6 Å². The zero-order chi connectivity index (χ0) is 14.3. The number of benzene rings is 1. The van der Waals surface area contributed by atoms with Gasteiger partial charge in [-0.25, -0.2) is 0 Å². The Morgan fingerprint density at radius 2 is 1.68 bits per heavy atom. The first kappa shape index (κ1) is 14.4. The van der Waals surface area contributed by atoms with Crippen molar-refractivity contribution < 1.29 is 19.5 Å². The van der Waals surface area contributed by atoms with E-state index in [1.165, 1.54) is 0 Å². The molecule has 0 unspecified atom stereocenters. The number of anilines is 1. The highest BCUT2D eigenvalue weighted by Crippen LogP contribution is 2.08. The highest BCUT2D eigenvalue weighted by atomic mass is 16.4. The average Bonchev–Trinajstić information content (AvgIpc) is 2.36. The first-order valence-corrected chi connectivity index (χ1v) is 5.53. The van der Waals surface area contributed by atoms with Crippen molar-refractivity contribution in [1.82, 2.24) is 5.32 Å². The first-order chi connectivity index (χ1) is 8.97. The Hall–Kier alpha value is -2.63. The molecule has 1 aromatic carbocycles. The second-order valence-corrected chi connectivity index (χ2v) is 3.80. The molecule has 0 aliphatic rings. The maximum atomic E-state index is 11.4. The summed E-state index contributed by atoms with van der Waals surface area (Å²) < 4.78 is 0. The van der Waals surface area contributed by atoms with Crippen LogP contribution in [-0.2, 0) is 14.4 Å². The first-order valence-electron chi connectivity index (χ1n) is 5.53. The van der Waals surface area contributed by atoms with E-state index in [0.29, 0.717) is 5.69 Å². The van der Waals surface area contributed by atoms with Crippen molar-refractivity contribution in [2.24, 2.45) is 0 Å². The van der Waals surface area contributed by atoms with Gasteiger partial charge in [-0.1, -0.05) is 17.7 Å². The van der Waals surface area contributed by atoms with Crippen LogP contribution >= 0.6 is 0 Å². The van der Waals surface area contributed by atoms with E-state index >= 15 is 0 Å². The van der Waals surface area contributed by atoms with Crippen LogP contribution in [0.4, 0.5) is 5.69 Å². The van der Waals surface area contributed by atoms with E-state index in [1.807, 2.05) is 19.1 Å². The van der Waals surface area contributed by atoms with Gasteiger partial charge in [-0.05, 0) is 19.1 Å². The highest BCUT2D eigenvalue weighted by Gasteiger charge is 2.01. The van der Waals surface area contributed by atoms with Crippen LogP contribution in [0.25, 0.3) is 0 Å². The van der Waals surface area contributed by atoms with Gasteiger partial charge < -0.3 is 15.7 Å². The fourth-order valence-electron chi connectivity index (χ4n) is 1.19. The number of carbonyl (C=O) groups excluding carboxylic acids is 2. The van der Waals surface area contributed by atoms with E-state index < -0.39 is 24.3 Å². The van der Waals surface area contributed by atoms with E-state index in [4.69, 9.17) is 5.11 Å². The maximum Gasteiger partial charge on any atom is 0.322 e. The van der Waals surface area contributed by atoms with Crippen LogP contribution in [0, 0.1) is 6.92 Å². The lowest BCUT2D eigenvalue weighted by Crippen LogP contribution is -2.27. The quantitative estimate of drug-likeness (QED) is 0.680. The van der Waals surface area contributed by atoms with Gasteiger partial charge in [0.05, 0.1) is 0 Å². The average molecular weight is 262 g/mol. The fraction of sp³-hybridized carbons (Fsp3) is 0.154. The van der Waals surface area contributed by atoms with E-state index in [-0.39, 0.29) is 0 Å². The van der Waals surface area contributed by atoms with Gasteiger partial charge in [-0.3, -0.25) is 14.4 Å². The van der Waals surface area contributed by atoms with Gasteiger partial charge in [0.25, 0.3) is 0 Å². The minimum atomic E-state index is -1.15. The third kappa shape index (κ3) is 6.02. The zero-order valence-corrected chi connectivity index (χ0v) is 10.3. The number of carbonyl (C=O) groups is 3. The lowest BCUT2D eigenvalue weighted by Gasteiger charge is -2.02. The molecule has 6 heteroatoms. The largest absolute Gasteiger partial charge is 0.480 e. The lowest BCUT2D eigenvalue weighted by molar-refractivity contribution is -0.137. The molecule has 6 nitrogen and oxygen atoms in total. The highest BCUT2D eigenvalue weighted by molar-refractivity contribution is 6.03. The van der Waals surface area contributed by atoms with E-state index in [1.54, 1.807) is 12.1 Å². The van der Waals surface area contributed by atoms with Gasteiger partial charge in [-0.2, -0.15) is 0 Å². The van der Waals surface area contributed by atoms with Crippen LogP contribution in [0.5, 0.6) is 0 Å². The summed E-state index contributed by atoms with van der Waals surface area (Å²) in [6.07, 6.45) is 2.02. The summed E-state index contributed by atoms with van der Waals surface area (Å²) in [5.41, 5.74) is 1.69. The number of amides is 2. The standard InChI is InChI=1S/C13H14N2O4/c1-9-2-4-10(5-3-9)15-12(17)7-6-11(16)14-8-13(18)19/h2-7H,8H2,1H3,(H,14,16)(H,15,17)(H,18,19). The van der Waals surface area contributed by atoms with E-state index in [0.717, 1.165) is 17.7 Å². The maximum absolute atomic E-state index is 11.4. The predicted molar refractivity (Wildman–Crippen MR) is 69.6 cm³/mol. The number of aliphatic carboxylic acids is 1. The van der Waals surface area contributed by atoms with Gasteiger partial charge in [-0.15, -0.1) is 0 Å². The molecule has 0 radical (unpaired) electrons. The van der Waals surface area contributed by atoms with Crippen molar-refractivity contribution in [2.45, 2.75) is 6.92 Å². The van der Waals surface area contributed by atoms with E-state index in [9.17, 15) is 14.4 Å². The van der Waals surface area contributed by atoms with Crippen LogP contribution in [0.15, 0.2) is 36.4 Å². The number of carboxylic acid groups (broad SMARTS) is 1. The molecule has 0 bridgehead atoms. The summed E-state index contributed by atoms with van der Waals surface area (Å²) in [7, 11) is 0. The van der Waals surface area contributed by atoms with Gasteiger partial charge in [0.2, 0.25) is 11.8 Å². The Balaban J connectivity index is 2.44. The number of aryl methyl sites for hydroxylation is 1. The van der Waals surface area contributed by atoms with Gasteiger partial charge in [0.1, 0.15) is 6.54 Å². The molecule has 0 aliphatic heterocycles. The molecule has 19 heavy (non-hydrogen) atoms. The normalized spacial score (nSPS) is 10.2. The Morgan fingerprint density at radius 1 is 1.11 bits per heavy atom. The van der Waals surface area contributed by atoms with Crippen molar-refractivity contribution in [3.05, 3.63) is 42.0 Å². The third-order valence-corrected chi connectivity index (χ3v) is 2.12. The van der Waals surface area contributed by atoms with Crippen molar-refractivity contribution in [3.8, 4) is 0 Å². The topological polar surface area (TPSA) is 95.5 Å². The molecule has 0 atom stereocenters. The smallest absolute Gasteiger partial charge is 0.322 e. The summed E-state index contributed by atoms with van der Waals surface area (Å²) in [5.74, 6) is -2.25. The number of carboxylic acids is 1. The predicted octanol–water partition coefficient (Wildman–Crippen LogP) is 0.691. The van der Waals surface area contributed by atoms with Gasteiger partial charge in [0.15, 0.2) is 0 Å². The van der Waals surface area contributed by atoms with Crippen molar-refractivity contribution in [1.29, 1.82) is 0 Å². The number of hydrogen-bond acceptors (Lipinski definition) is 3. The summed E-state index contributed by atoms with van der Waals surface area (Å²) in [4.78, 5) is 32.7. The molecule has 0 aromatic heterocycles. The summed E-state index contributed by atoms with van der Waals surface area (Å²) >= 11 is 0. The second kappa shape index (κ2) is 6.95. The van der Waals surface area contributed by atoms with Crippen LogP contribution in [-0.4, -0.2) is 29.4 Å². The number of hydrogen-bond donors (Lipinski definition) is 3. The Labute approximate surface area is 110 Å². The minimum absolute atomic E-state index is 0.464. The SMILES string of the molecule is Cc1ccc(NC(=O)C=CC(=O)NCC(=O)O)cc1. The zero-order valence-electron chi connectivity index (χ0n) is 10.3. The van der Waals surface area contributed by atoms with Crippen molar-refractivity contribution >= 4 is 23.5 Å². The van der Waals surface area contributed by atoms with Crippen molar-refractivity contribution in [2.75, 3.05) is 11.9 Å². The van der Waals surface area contributed by atoms with Crippen LogP contribution in [0.3, 0.4) is 0 Å². The molecule has 0 aliphatic carbocycles. The molecule has 0 saturated carbocycles. The Kier molecular flexibility index (Phi) is 5.28. The van der Waals surface area contributed by atoms with Crippen LogP contribution in [0.1, 0.15) is 5.56 Å². The van der Waals surface area contributed by atoms with Gasteiger partial charge in [0, 0.05) is 17.8 Å². The molecule has 0 saturated heterocycles. The molecule has 0 spiro atoms. The molecule has 100 valence electrons. The molecule has 2 amide bonds.